The van der Waals surface area contributed by atoms with Gasteiger partial charge in [-0.05, 0) is 17.7 Å². The van der Waals surface area contributed by atoms with E-state index in [9.17, 15) is 22.7 Å². The van der Waals surface area contributed by atoms with Gasteiger partial charge in [0.15, 0.2) is 0 Å². The quantitative estimate of drug-likeness (QED) is 0.712. The van der Waals surface area contributed by atoms with Gasteiger partial charge >= 0.3 is 12.5 Å². The van der Waals surface area contributed by atoms with E-state index in [1.165, 1.54) is 48.5 Å². The van der Waals surface area contributed by atoms with Crippen LogP contribution in [0.4, 0.5) is 17.6 Å². The van der Waals surface area contributed by atoms with Crippen LogP contribution in [0.3, 0.4) is 0 Å². The summed E-state index contributed by atoms with van der Waals surface area (Å²) in [7, 11) is 0. The molecule has 2 unspecified atom stereocenters. The van der Waals surface area contributed by atoms with Gasteiger partial charge in [0.05, 0.1) is 13.2 Å². The highest BCUT2D eigenvalue weighted by atomic mass is 35.5. The molecule has 0 saturated carbocycles. The molecule has 0 saturated heterocycles. The third-order valence-corrected chi connectivity index (χ3v) is 4.06. The van der Waals surface area contributed by atoms with Crippen LogP contribution in [-0.4, -0.2) is 39.0 Å². The summed E-state index contributed by atoms with van der Waals surface area (Å²) in [5, 5.41) is 15.4. The first-order valence-electron chi connectivity index (χ1n) is 7.26. The van der Waals surface area contributed by atoms with Crippen molar-refractivity contribution in [1.29, 1.82) is 0 Å². The molecule has 1 N–H and O–H groups in total. The highest BCUT2D eigenvalue weighted by Gasteiger charge is 2.45. The van der Waals surface area contributed by atoms with Gasteiger partial charge in [-0.1, -0.05) is 30.7 Å². The Kier molecular flexibility index (Phi) is 6.02. The van der Waals surface area contributed by atoms with Gasteiger partial charge in [-0.2, -0.15) is 13.9 Å². The lowest BCUT2D eigenvalue weighted by Gasteiger charge is -2.35. The first kappa shape index (κ1) is 19.6. The van der Waals surface area contributed by atoms with Gasteiger partial charge in [0, 0.05) is 10.9 Å². The van der Waals surface area contributed by atoms with Crippen molar-refractivity contribution < 1.29 is 27.4 Å². The van der Waals surface area contributed by atoms with Gasteiger partial charge in [-0.3, -0.25) is 0 Å². The van der Waals surface area contributed by atoms with Crippen LogP contribution < -0.4 is 0 Å². The van der Waals surface area contributed by atoms with Crippen LogP contribution in [0.15, 0.2) is 36.9 Å². The maximum Gasteiger partial charge on any atom is 0.416 e. The average Bonchev–Trinajstić information content (AvgIpc) is 3.05. The van der Waals surface area contributed by atoms with Crippen molar-refractivity contribution in [2.24, 2.45) is 5.92 Å². The summed E-state index contributed by atoms with van der Waals surface area (Å²) < 4.78 is 55.9. The lowest BCUT2D eigenvalue weighted by molar-refractivity contribution is -0.308. The minimum Gasteiger partial charge on any atom is -0.383 e. The van der Waals surface area contributed by atoms with E-state index >= 15 is 0 Å². The third kappa shape index (κ3) is 4.68. The summed E-state index contributed by atoms with van der Waals surface area (Å²) in [6.45, 7) is 0.470. The van der Waals surface area contributed by atoms with E-state index in [2.05, 4.69) is 14.8 Å². The van der Waals surface area contributed by atoms with E-state index in [0.717, 1.165) is 0 Å². The molecular formula is C15H16ClF4N3O2. The second-order valence-corrected chi connectivity index (χ2v) is 6.04. The molecule has 2 atom stereocenters. The fourth-order valence-electron chi connectivity index (χ4n) is 2.27. The molecule has 0 fully saturated rings. The first-order chi connectivity index (χ1) is 11.6. The number of aliphatic hydroxyl groups is 1. The lowest BCUT2D eigenvalue weighted by Crippen LogP contribution is -2.42. The highest BCUT2D eigenvalue weighted by Crippen LogP contribution is 2.34. The maximum absolute atomic E-state index is 13.0. The number of halogens is 5. The standard InChI is InChI=1S/C15H16ClF4N3O2/c1-10(6-25-15(19,20)13(17)18)14(24,7-23-9-21-8-22-23)11-2-4-12(16)5-3-11/h2-5,8-10,13,24H,6-7H2,1H3. The molecule has 0 aliphatic heterocycles. The van der Waals surface area contributed by atoms with Crippen molar-refractivity contribution in [1.82, 2.24) is 14.8 Å². The smallest absolute Gasteiger partial charge is 0.383 e. The van der Waals surface area contributed by atoms with E-state index in [0.29, 0.717) is 10.6 Å². The molecule has 1 heterocycles. The predicted molar refractivity (Wildman–Crippen MR) is 81.4 cm³/mol. The Morgan fingerprint density at radius 3 is 2.44 bits per heavy atom. The van der Waals surface area contributed by atoms with Crippen molar-refractivity contribution in [2.75, 3.05) is 6.61 Å². The fraction of sp³-hybridized carbons (Fsp3) is 0.467. The van der Waals surface area contributed by atoms with Crippen molar-refractivity contribution in [2.45, 2.75) is 31.6 Å². The third-order valence-electron chi connectivity index (χ3n) is 3.81. The zero-order chi connectivity index (χ0) is 18.7. The molecule has 5 nitrogen and oxygen atoms in total. The minimum atomic E-state index is -4.59. The second kappa shape index (κ2) is 7.67. The molecule has 1 aromatic carbocycles. The van der Waals surface area contributed by atoms with Crippen LogP contribution >= 0.6 is 11.6 Å². The molecule has 138 valence electrons. The second-order valence-electron chi connectivity index (χ2n) is 5.60. The number of nitrogens with zero attached hydrogens (tertiary/aromatic N) is 3. The molecular weight excluding hydrogens is 366 g/mol. The lowest BCUT2D eigenvalue weighted by atomic mass is 9.82. The van der Waals surface area contributed by atoms with E-state index in [1.54, 1.807) is 0 Å². The zero-order valence-electron chi connectivity index (χ0n) is 13.1. The molecule has 10 heteroatoms. The van der Waals surface area contributed by atoms with Crippen LogP contribution in [0.5, 0.6) is 0 Å². The molecule has 0 aliphatic rings. The van der Waals surface area contributed by atoms with Gasteiger partial charge in [0.1, 0.15) is 18.3 Å². The molecule has 0 radical (unpaired) electrons. The van der Waals surface area contributed by atoms with E-state index in [4.69, 9.17) is 11.6 Å². The highest BCUT2D eigenvalue weighted by molar-refractivity contribution is 6.30. The van der Waals surface area contributed by atoms with E-state index < -0.39 is 30.7 Å². The summed E-state index contributed by atoms with van der Waals surface area (Å²) >= 11 is 5.82. The molecule has 25 heavy (non-hydrogen) atoms. The van der Waals surface area contributed by atoms with Crippen molar-refractivity contribution in [3.8, 4) is 0 Å². The molecule has 2 aromatic rings. The van der Waals surface area contributed by atoms with Crippen molar-refractivity contribution in [3.05, 3.63) is 47.5 Å². The molecule has 0 spiro atoms. The first-order valence-corrected chi connectivity index (χ1v) is 7.63. The Morgan fingerprint density at radius 1 is 1.28 bits per heavy atom. The average molecular weight is 382 g/mol. The molecule has 0 bridgehead atoms. The number of rotatable bonds is 8. The Hall–Kier alpha value is -1.71. The number of alkyl halides is 4. The van der Waals surface area contributed by atoms with E-state index in [1.807, 2.05) is 0 Å². The van der Waals surface area contributed by atoms with Crippen LogP contribution in [-0.2, 0) is 16.9 Å². The van der Waals surface area contributed by atoms with Crippen LogP contribution in [0.1, 0.15) is 12.5 Å². The Bertz CT molecular complexity index is 670. The summed E-state index contributed by atoms with van der Waals surface area (Å²) in [6, 6.07) is 6.07. The number of hydrogen-bond acceptors (Lipinski definition) is 4. The summed E-state index contributed by atoms with van der Waals surface area (Å²) in [4.78, 5) is 3.75. The molecule has 1 aromatic heterocycles. The maximum atomic E-state index is 13.0. The summed E-state index contributed by atoms with van der Waals surface area (Å²) in [5.41, 5.74) is -1.37. The van der Waals surface area contributed by atoms with Gasteiger partial charge < -0.3 is 9.84 Å². The Morgan fingerprint density at radius 2 is 1.92 bits per heavy atom. The van der Waals surface area contributed by atoms with Crippen LogP contribution in [0, 0.1) is 5.92 Å². The van der Waals surface area contributed by atoms with Crippen LogP contribution in [0.25, 0.3) is 0 Å². The molecule has 0 aliphatic carbocycles. The zero-order valence-corrected chi connectivity index (χ0v) is 13.9. The Balaban J connectivity index is 2.25. The fourth-order valence-corrected chi connectivity index (χ4v) is 2.39. The van der Waals surface area contributed by atoms with Gasteiger partial charge in [0.25, 0.3) is 0 Å². The number of ether oxygens (including phenoxy) is 1. The Labute approximate surface area is 146 Å². The summed E-state index contributed by atoms with van der Waals surface area (Å²) in [6.07, 6.45) is -5.97. The molecule has 2 rings (SSSR count). The minimum absolute atomic E-state index is 0.139. The monoisotopic (exact) mass is 381 g/mol. The number of hydrogen-bond donors (Lipinski definition) is 1. The van der Waals surface area contributed by atoms with Gasteiger partial charge in [0.2, 0.25) is 0 Å². The number of aromatic nitrogens is 3. The van der Waals surface area contributed by atoms with Gasteiger partial charge in [-0.15, -0.1) is 0 Å². The predicted octanol–water partition coefficient (Wildman–Crippen LogP) is 3.33. The SMILES string of the molecule is CC(COC(F)(F)C(F)F)C(O)(Cn1cncn1)c1ccc(Cl)cc1. The van der Waals surface area contributed by atoms with Crippen LogP contribution in [0.2, 0.25) is 5.02 Å². The largest absolute Gasteiger partial charge is 0.416 e. The topological polar surface area (TPSA) is 60.2 Å². The van der Waals surface area contributed by atoms with Gasteiger partial charge in [-0.25, -0.2) is 18.4 Å². The molecule has 0 amide bonds. The van der Waals surface area contributed by atoms with Crippen molar-refractivity contribution >= 4 is 11.6 Å². The summed E-state index contributed by atoms with van der Waals surface area (Å²) in [5.74, 6) is -0.970. The van der Waals surface area contributed by atoms with E-state index in [-0.39, 0.29) is 6.54 Å². The number of benzene rings is 1. The van der Waals surface area contributed by atoms with Crippen molar-refractivity contribution in [3.63, 3.8) is 0 Å². The normalized spacial score (nSPS) is 16.0.